The lowest BCUT2D eigenvalue weighted by Crippen LogP contribution is -2.33. The van der Waals surface area contributed by atoms with Crippen LogP contribution in [0.15, 0.2) is 70.4 Å². The molecule has 0 aliphatic carbocycles. The zero-order chi connectivity index (χ0) is 21.1. The number of oxazole rings is 1. The van der Waals surface area contributed by atoms with Gasteiger partial charge in [0.25, 0.3) is 0 Å². The fourth-order valence-corrected chi connectivity index (χ4v) is 3.42. The summed E-state index contributed by atoms with van der Waals surface area (Å²) in [4.78, 5) is 15.3. The molecule has 1 aromatic heterocycles. The molecule has 0 saturated heterocycles. The normalized spacial score (nSPS) is 12.0. The third kappa shape index (κ3) is 5.21. The van der Waals surface area contributed by atoms with Crippen molar-refractivity contribution in [2.24, 2.45) is 0 Å². The molecule has 3 rings (SSSR count). The Bertz CT molecular complexity index is 1110. The molecule has 7 nitrogen and oxygen atoms in total. The Labute approximate surface area is 163 Å². The summed E-state index contributed by atoms with van der Waals surface area (Å²) in [6.45, 7) is -0.662. The lowest BCUT2D eigenvalue weighted by Gasteiger charge is -2.11. The molecular formula is C18H14F3N3O4S. The molecule has 3 aromatic rings. The number of anilines is 1. The van der Waals surface area contributed by atoms with Crippen LogP contribution in [0.1, 0.15) is 5.56 Å². The molecule has 0 radical (unpaired) electrons. The number of nitrogens with one attached hydrogen (secondary N) is 2. The minimum Gasteiger partial charge on any atom is -0.444 e. The summed E-state index contributed by atoms with van der Waals surface area (Å²) < 4.78 is 69.8. The van der Waals surface area contributed by atoms with E-state index in [0.717, 1.165) is 18.2 Å². The number of halogens is 3. The maximum absolute atomic E-state index is 12.8. The van der Waals surface area contributed by atoms with E-state index in [-0.39, 0.29) is 0 Å². The van der Waals surface area contributed by atoms with E-state index >= 15 is 0 Å². The Morgan fingerprint density at radius 1 is 1.10 bits per heavy atom. The van der Waals surface area contributed by atoms with E-state index < -0.39 is 39.1 Å². The first-order valence-electron chi connectivity index (χ1n) is 8.11. The van der Waals surface area contributed by atoms with Gasteiger partial charge in [-0.25, -0.2) is 18.1 Å². The number of nitrogens with zero attached hydrogens (tertiary/aromatic N) is 1. The van der Waals surface area contributed by atoms with Gasteiger partial charge in [0.05, 0.1) is 23.2 Å². The number of aromatic nitrogens is 1. The molecule has 29 heavy (non-hydrogen) atoms. The summed E-state index contributed by atoms with van der Waals surface area (Å²) in [6.07, 6.45) is -1.94. The van der Waals surface area contributed by atoms with Crippen LogP contribution in [0.5, 0.6) is 0 Å². The Kier molecular flexibility index (Phi) is 5.71. The summed E-state index contributed by atoms with van der Waals surface area (Å²) in [7, 11) is -4.31. The van der Waals surface area contributed by atoms with Gasteiger partial charge < -0.3 is 9.73 Å². The van der Waals surface area contributed by atoms with E-state index in [9.17, 15) is 26.4 Å². The largest absolute Gasteiger partial charge is 0.444 e. The Hall–Kier alpha value is -3.18. The van der Waals surface area contributed by atoms with Crippen molar-refractivity contribution in [3.8, 4) is 11.3 Å². The lowest BCUT2D eigenvalue weighted by molar-refractivity contribution is -0.137. The molecule has 0 spiro atoms. The minimum absolute atomic E-state index is 0.377. The van der Waals surface area contributed by atoms with E-state index in [2.05, 4.69) is 10.3 Å². The molecule has 11 heteroatoms. The van der Waals surface area contributed by atoms with Gasteiger partial charge in [-0.05, 0) is 30.3 Å². The average Bonchev–Trinajstić information content (AvgIpc) is 3.21. The minimum atomic E-state index is -4.68. The average molecular weight is 425 g/mol. The summed E-state index contributed by atoms with van der Waals surface area (Å²) in [5, 5.41) is 2.50. The van der Waals surface area contributed by atoms with Crippen molar-refractivity contribution in [2.75, 3.05) is 11.9 Å². The van der Waals surface area contributed by atoms with Gasteiger partial charge in [-0.2, -0.15) is 13.2 Å². The fraction of sp³-hybridized carbons (Fsp3) is 0.111. The third-order valence-electron chi connectivity index (χ3n) is 3.76. The highest BCUT2D eigenvalue weighted by Gasteiger charge is 2.31. The molecule has 1 heterocycles. The van der Waals surface area contributed by atoms with Crippen LogP contribution >= 0.6 is 0 Å². The van der Waals surface area contributed by atoms with E-state index in [0.29, 0.717) is 23.1 Å². The third-order valence-corrected chi connectivity index (χ3v) is 5.16. The SMILES string of the molecule is O=C(CNS(=O)(=O)c1cccc(C(F)(F)F)c1)Nc1cccc(-c2cnco2)c1. The first-order chi connectivity index (χ1) is 13.6. The second-order valence-corrected chi connectivity index (χ2v) is 7.61. The molecule has 0 unspecified atom stereocenters. The number of sulfonamides is 1. The van der Waals surface area contributed by atoms with E-state index in [1.807, 2.05) is 4.72 Å². The van der Waals surface area contributed by atoms with Crippen LogP contribution in [0, 0.1) is 0 Å². The highest BCUT2D eigenvalue weighted by molar-refractivity contribution is 7.89. The molecule has 0 aliphatic heterocycles. The van der Waals surface area contributed by atoms with Crippen LogP contribution < -0.4 is 10.0 Å². The number of hydrogen-bond acceptors (Lipinski definition) is 5. The zero-order valence-electron chi connectivity index (χ0n) is 14.6. The first-order valence-corrected chi connectivity index (χ1v) is 9.59. The van der Waals surface area contributed by atoms with Gasteiger partial charge >= 0.3 is 6.18 Å². The number of carbonyl (C=O) groups is 1. The molecule has 0 atom stereocenters. The summed E-state index contributed by atoms with van der Waals surface area (Å²) in [5.41, 5.74) is -0.0823. The summed E-state index contributed by atoms with van der Waals surface area (Å²) in [5.74, 6) is -0.221. The highest BCUT2D eigenvalue weighted by Crippen LogP contribution is 2.30. The monoisotopic (exact) mass is 425 g/mol. The van der Waals surface area contributed by atoms with E-state index in [1.54, 1.807) is 24.3 Å². The van der Waals surface area contributed by atoms with Crippen LogP contribution in [-0.2, 0) is 21.0 Å². The van der Waals surface area contributed by atoms with Crippen LogP contribution in [0.4, 0.5) is 18.9 Å². The number of amides is 1. The molecule has 2 aromatic carbocycles. The molecule has 0 saturated carbocycles. The number of rotatable bonds is 6. The quantitative estimate of drug-likeness (QED) is 0.631. The maximum Gasteiger partial charge on any atom is 0.416 e. The van der Waals surface area contributed by atoms with Crippen molar-refractivity contribution >= 4 is 21.6 Å². The van der Waals surface area contributed by atoms with Gasteiger partial charge in [-0.3, -0.25) is 4.79 Å². The smallest absolute Gasteiger partial charge is 0.416 e. The number of benzene rings is 2. The van der Waals surface area contributed by atoms with Crippen molar-refractivity contribution < 1.29 is 30.8 Å². The number of carbonyl (C=O) groups excluding carboxylic acids is 1. The topological polar surface area (TPSA) is 101 Å². The highest BCUT2D eigenvalue weighted by atomic mass is 32.2. The molecule has 2 N–H and O–H groups in total. The summed E-state index contributed by atoms with van der Waals surface area (Å²) >= 11 is 0. The lowest BCUT2D eigenvalue weighted by atomic mass is 10.1. The van der Waals surface area contributed by atoms with E-state index in [4.69, 9.17) is 4.42 Å². The van der Waals surface area contributed by atoms with Crippen molar-refractivity contribution in [1.82, 2.24) is 9.71 Å². The molecule has 0 fully saturated rings. The van der Waals surface area contributed by atoms with Crippen molar-refractivity contribution in [3.05, 3.63) is 66.7 Å². The standard InChI is InChI=1S/C18H14F3N3O4S/c19-18(20,21)13-4-2-6-15(8-13)29(26,27)23-10-17(25)24-14-5-1-3-12(7-14)16-9-22-11-28-16/h1-9,11,23H,10H2,(H,24,25). The predicted molar refractivity (Wildman–Crippen MR) is 97.2 cm³/mol. The Morgan fingerprint density at radius 3 is 2.55 bits per heavy atom. The van der Waals surface area contributed by atoms with Gasteiger partial charge in [0, 0.05) is 11.3 Å². The van der Waals surface area contributed by atoms with Gasteiger partial charge in [-0.1, -0.05) is 18.2 Å². The second-order valence-electron chi connectivity index (χ2n) is 5.84. The summed E-state index contributed by atoms with van der Waals surface area (Å²) in [6, 6.07) is 9.81. The van der Waals surface area contributed by atoms with Crippen molar-refractivity contribution in [1.29, 1.82) is 0 Å². The Morgan fingerprint density at radius 2 is 1.86 bits per heavy atom. The van der Waals surface area contributed by atoms with Gasteiger partial charge in [-0.15, -0.1) is 0 Å². The number of hydrogen-bond donors (Lipinski definition) is 2. The predicted octanol–water partition coefficient (Wildman–Crippen LogP) is 3.28. The van der Waals surface area contributed by atoms with Crippen LogP contribution in [-0.4, -0.2) is 25.9 Å². The first kappa shape index (κ1) is 20.6. The zero-order valence-corrected chi connectivity index (χ0v) is 15.4. The second kappa shape index (κ2) is 8.05. The van der Waals surface area contributed by atoms with Crippen LogP contribution in [0.2, 0.25) is 0 Å². The number of alkyl halides is 3. The molecule has 0 bridgehead atoms. The molecule has 1 amide bonds. The van der Waals surface area contributed by atoms with Crippen molar-refractivity contribution in [3.63, 3.8) is 0 Å². The fourth-order valence-electron chi connectivity index (χ4n) is 2.40. The van der Waals surface area contributed by atoms with Gasteiger partial charge in [0.15, 0.2) is 12.2 Å². The Balaban J connectivity index is 1.65. The van der Waals surface area contributed by atoms with Crippen molar-refractivity contribution in [2.45, 2.75) is 11.1 Å². The van der Waals surface area contributed by atoms with Gasteiger partial charge in [0.2, 0.25) is 15.9 Å². The van der Waals surface area contributed by atoms with Crippen LogP contribution in [0.3, 0.4) is 0 Å². The van der Waals surface area contributed by atoms with Gasteiger partial charge in [0.1, 0.15) is 0 Å². The maximum atomic E-state index is 12.8. The molecular weight excluding hydrogens is 411 g/mol. The van der Waals surface area contributed by atoms with Crippen LogP contribution in [0.25, 0.3) is 11.3 Å². The molecule has 0 aliphatic rings. The van der Waals surface area contributed by atoms with E-state index in [1.165, 1.54) is 12.6 Å². The molecule has 152 valence electrons.